The fraction of sp³-hybridized carbons (Fsp3) is 0.409. The van der Waals surface area contributed by atoms with Crippen molar-refractivity contribution in [2.75, 3.05) is 26.9 Å². The molecule has 1 aromatic heterocycles. The van der Waals surface area contributed by atoms with Crippen LogP contribution in [0, 0.1) is 25.5 Å². The third-order valence-corrected chi connectivity index (χ3v) is 4.79. The van der Waals surface area contributed by atoms with E-state index in [4.69, 9.17) is 9.47 Å². The van der Waals surface area contributed by atoms with E-state index in [0.717, 1.165) is 23.5 Å². The number of ketones is 1. The van der Waals surface area contributed by atoms with Gasteiger partial charge in [-0.05, 0) is 39.0 Å². The van der Waals surface area contributed by atoms with E-state index in [1.54, 1.807) is 13.2 Å². The topological polar surface area (TPSA) is 86.6 Å². The van der Waals surface area contributed by atoms with Gasteiger partial charge in [0.05, 0.1) is 24.6 Å². The van der Waals surface area contributed by atoms with E-state index < -0.39 is 30.1 Å². The van der Waals surface area contributed by atoms with Crippen molar-refractivity contribution in [1.82, 2.24) is 9.88 Å². The molecule has 1 N–H and O–H groups in total. The molecule has 168 valence electrons. The Morgan fingerprint density at radius 1 is 1.13 bits per heavy atom. The number of ether oxygens (including phenoxy) is 2. The predicted octanol–water partition coefficient (Wildman–Crippen LogP) is 3.14. The summed E-state index contributed by atoms with van der Waals surface area (Å²) in [7, 11) is 1.61. The average Bonchev–Trinajstić information content (AvgIpc) is 3.00. The molecule has 0 aliphatic rings. The molecule has 31 heavy (non-hydrogen) atoms. The van der Waals surface area contributed by atoms with Gasteiger partial charge in [-0.3, -0.25) is 14.4 Å². The number of aromatic nitrogens is 1. The second-order valence-electron chi connectivity index (χ2n) is 7.17. The molecule has 0 bridgehead atoms. The molecule has 0 spiro atoms. The molecule has 1 heterocycles. The van der Waals surface area contributed by atoms with Gasteiger partial charge in [0.15, 0.2) is 6.61 Å². The molecular formula is C22H26F2N2O5. The minimum Gasteiger partial charge on any atom is -0.457 e. The Morgan fingerprint density at radius 2 is 1.84 bits per heavy atom. The van der Waals surface area contributed by atoms with Gasteiger partial charge in [-0.15, -0.1) is 0 Å². The first kappa shape index (κ1) is 24.2. The molecule has 0 saturated carbocycles. The van der Waals surface area contributed by atoms with Crippen LogP contribution in [0.4, 0.5) is 8.78 Å². The molecule has 0 aliphatic carbocycles. The number of rotatable bonds is 10. The quantitative estimate of drug-likeness (QED) is 0.457. The maximum absolute atomic E-state index is 13.6. The summed E-state index contributed by atoms with van der Waals surface area (Å²) in [6, 6.07) is 4.37. The van der Waals surface area contributed by atoms with Crippen molar-refractivity contribution in [3.8, 4) is 0 Å². The summed E-state index contributed by atoms with van der Waals surface area (Å²) < 4.78 is 38.6. The van der Waals surface area contributed by atoms with E-state index in [-0.39, 0.29) is 30.4 Å². The third kappa shape index (κ3) is 6.21. The van der Waals surface area contributed by atoms with Gasteiger partial charge in [0.1, 0.15) is 11.6 Å². The van der Waals surface area contributed by atoms with Crippen molar-refractivity contribution in [2.24, 2.45) is 0 Å². The lowest BCUT2D eigenvalue weighted by Gasteiger charge is -2.17. The minimum atomic E-state index is -0.997. The summed E-state index contributed by atoms with van der Waals surface area (Å²) in [5.74, 6) is -3.59. The first-order chi connectivity index (χ1) is 14.6. The summed E-state index contributed by atoms with van der Waals surface area (Å²) in [5.41, 5.74) is 1.79. The Kier molecular flexibility index (Phi) is 8.44. The number of halogens is 2. The van der Waals surface area contributed by atoms with Crippen molar-refractivity contribution in [2.45, 2.75) is 33.2 Å². The van der Waals surface area contributed by atoms with Crippen molar-refractivity contribution in [3.05, 3.63) is 58.4 Å². The van der Waals surface area contributed by atoms with Crippen LogP contribution in [0.5, 0.6) is 0 Å². The fourth-order valence-corrected chi connectivity index (χ4v) is 3.40. The van der Waals surface area contributed by atoms with Gasteiger partial charge in [-0.25, -0.2) is 8.78 Å². The van der Waals surface area contributed by atoms with Crippen LogP contribution in [-0.2, 0) is 14.3 Å². The number of nitrogens with zero attached hydrogens (tertiary/aromatic N) is 1. The van der Waals surface area contributed by atoms with Crippen LogP contribution in [0.3, 0.4) is 0 Å². The molecule has 2 aromatic rings. The zero-order valence-corrected chi connectivity index (χ0v) is 18.0. The van der Waals surface area contributed by atoms with Crippen LogP contribution in [0.15, 0.2) is 24.3 Å². The molecule has 2 rings (SSSR count). The summed E-state index contributed by atoms with van der Waals surface area (Å²) in [5, 5.41) is 2.35. The number of amides is 1. The zero-order valence-electron chi connectivity index (χ0n) is 18.0. The van der Waals surface area contributed by atoms with E-state index in [1.807, 2.05) is 25.3 Å². The number of carbonyl (C=O) groups excluding carboxylic acids is 3. The number of Topliss-reactive ketones (excluding diaryl/α,β-unsaturated/α-hetero) is 1. The van der Waals surface area contributed by atoms with Gasteiger partial charge in [-0.2, -0.15) is 0 Å². The number of benzene rings is 1. The number of nitrogens with one attached hydrogen (secondary N) is 1. The molecule has 0 saturated heterocycles. The van der Waals surface area contributed by atoms with E-state index in [0.29, 0.717) is 18.2 Å². The summed E-state index contributed by atoms with van der Waals surface area (Å²) >= 11 is 0. The van der Waals surface area contributed by atoms with Crippen molar-refractivity contribution < 1.29 is 32.6 Å². The summed E-state index contributed by atoms with van der Waals surface area (Å²) in [6.07, 6.45) is -0.203. The maximum atomic E-state index is 13.6. The predicted molar refractivity (Wildman–Crippen MR) is 109 cm³/mol. The van der Waals surface area contributed by atoms with Crippen LogP contribution < -0.4 is 5.32 Å². The molecule has 1 unspecified atom stereocenters. The lowest BCUT2D eigenvalue weighted by molar-refractivity contribution is -0.142. The maximum Gasteiger partial charge on any atom is 0.308 e. The van der Waals surface area contributed by atoms with Crippen molar-refractivity contribution in [1.29, 1.82) is 0 Å². The molecular weight excluding hydrogens is 410 g/mol. The van der Waals surface area contributed by atoms with Gasteiger partial charge in [0.2, 0.25) is 5.78 Å². The molecule has 1 atom stereocenters. The van der Waals surface area contributed by atoms with Crippen LogP contribution in [0.25, 0.3) is 0 Å². The average molecular weight is 436 g/mol. The SMILES string of the molecule is COCC(C)n1c(C)cc(C(=O)COC(=O)CCNC(=O)c2ccc(F)cc2F)c1C. The smallest absolute Gasteiger partial charge is 0.308 e. The molecule has 9 heteroatoms. The van der Waals surface area contributed by atoms with Gasteiger partial charge in [0, 0.05) is 36.7 Å². The normalized spacial score (nSPS) is 11.8. The van der Waals surface area contributed by atoms with Crippen LogP contribution in [0.1, 0.15) is 51.5 Å². The van der Waals surface area contributed by atoms with Gasteiger partial charge >= 0.3 is 5.97 Å². The molecule has 0 aliphatic heterocycles. The highest BCUT2D eigenvalue weighted by molar-refractivity contribution is 5.99. The molecule has 0 fully saturated rings. The Labute approximate surface area is 179 Å². The van der Waals surface area contributed by atoms with Gasteiger partial charge in [-0.1, -0.05) is 0 Å². The number of esters is 1. The Hall–Kier alpha value is -3.07. The van der Waals surface area contributed by atoms with Gasteiger partial charge < -0.3 is 19.4 Å². The number of methoxy groups -OCH3 is 1. The van der Waals surface area contributed by atoms with E-state index >= 15 is 0 Å². The number of hydrogen-bond acceptors (Lipinski definition) is 5. The molecule has 7 nitrogen and oxygen atoms in total. The number of carbonyl (C=O) groups is 3. The third-order valence-electron chi connectivity index (χ3n) is 4.79. The number of aryl methyl sites for hydroxylation is 1. The molecule has 1 aromatic carbocycles. The number of hydrogen-bond donors (Lipinski definition) is 1. The minimum absolute atomic E-state index is 0.0451. The fourth-order valence-electron chi connectivity index (χ4n) is 3.40. The highest BCUT2D eigenvalue weighted by Gasteiger charge is 2.20. The summed E-state index contributed by atoms with van der Waals surface area (Å²) in [4.78, 5) is 36.3. The molecule has 1 amide bonds. The van der Waals surface area contributed by atoms with Crippen LogP contribution in [0.2, 0.25) is 0 Å². The zero-order chi connectivity index (χ0) is 23.1. The Bertz CT molecular complexity index is 971. The summed E-state index contributed by atoms with van der Waals surface area (Å²) in [6.45, 7) is 5.62. The van der Waals surface area contributed by atoms with Crippen LogP contribution >= 0.6 is 0 Å². The van der Waals surface area contributed by atoms with Gasteiger partial charge in [0.25, 0.3) is 5.91 Å². The largest absolute Gasteiger partial charge is 0.457 e. The lowest BCUT2D eigenvalue weighted by Crippen LogP contribution is -2.27. The standard InChI is InChI=1S/C22H26F2N2O5/c1-13-9-18(15(3)26(13)14(2)11-30-4)20(27)12-31-21(28)7-8-25-22(29)17-6-5-16(23)10-19(17)24/h5-6,9-10,14H,7-8,11-12H2,1-4H3,(H,25,29). The first-order valence-corrected chi connectivity index (χ1v) is 9.75. The van der Waals surface area contributed by atoms with Crippen molar-refractivity contribution >= 4 is 17.7 Å². The van der Waals surface area contributed by atoms with E-state index in [9.17, 15) is 23.2 Å². The second-order valence-corrected chi connectivity index (χ2v) is 7.17. The highest BCUT2D eigenvalue weighted by Crippen LogP contribution is 2.21. The Balaban J connectivity index is 1.84. The second kappa shape index (κ2) is 10.8. The first-order valence-electron chi connectivity index (χ1n) is 9.75. The lowest BCUT2D eigenvalue weighted by atomic mass is 10.1. The molecule has 0 radical (unpaired) electrons. The van der Waals surface area contributed by atoms with Crippen molar-refractivity contribution in [3.63, 3.8) is 0 Å². The van der Waals surface area contributed by atoms with Crippen LogP contribution in [-0.4, -0.2) is 49.1 Å². The van der Waals surface area contributed by atoms with E-state index in [2.05, 4.69) is 5.32 Å². The van der Waals surface area contributed by atoms with E-state index in [1.165, 1.54) is 0 Å². The monoisotopic (exact) mass is 436 g/mol. The Morgan fingerprint density at radius 3 is 2.48 bits per heavy atom. The highest BCUT2D eigenvalue weighted by atomic mass is 19.1.